The van der Waals surface area contributed by atoms with Gasteiger partial charge in [0.1, 0.15) is 0 Å². The highest BCUT2D eigenvalue weighted by molar-refractivity contribution is 4.85. The van der Waals surface area contributed by atoms with Gasteiger partial charge in [0.2, 0.25) is 0 Å². The van der Waals surface area contributed by atoms with Gasteiger partial charge < -0.3 is 10.4 Å². The molecule has 1 saturated heterocycles. The Morgan fingerprint density at radius 1 is 0.938 bits per heavy atom. The Hall–Kier alpha value is -0.0800. The van der Waals surface area contributed by atoms with Crippen LogP contribution in [0.15, 0.2) is 0 Å². The molecule has 1 saturated carbocycles. The van der Waals surface area contributed by atoms with Crippen LogP contribution in [0.1, 0.15) is 46.0 Å². The van der Waals surface area contributed by atoms with Crippen molar-refractivity contribution in [2.45, 2.75) is 52.1 Å². The maximum Gasteiger partial charge on any atom is 0.0597 e. The third-order valence-corrected chi connectivity index (χ3v) is 4.56. The average molecular weight is 225 g/mol. The minimum Gasteiger partial charge on any atom is -0.393 e. The standard InChI is InChI=1S/C14H27NO/c1-10-7-11(2)9-13(8-10)14(16)12-3-5-15-6-4-12/h10-16H,3-9H2,1-2H3. The van der Waals surface area contributed by atoms with Crippen LogP contribution in [0.3, 0.4) is 0 Å². The first-order valence-electron chi connectivity index (χ1n) is 7.05. The number of piperidine rings is 1. The van der Waals surface area contributed by atoms with Crippen molar-refractivity contribution in [1.82, 2.24) is 5.32 Å². The van der Waals surface area contributed by atoms with Crippen LogP contribution in [-0.2, 0) is 0 Å². The second-order valence-electron chi connectivity index (χ2n) is 6.26. The molecular formula is C14H27NO. The Labute approximate surface area is 99.8 Å². The van der Waals surface area contributed by atoms with E-state index in [2.05, 4.69) is 19.2 Å². The molecule has 1 heterocycles. The minimum atomic E-state index is -0.0349. The van der Waals surface area contributed by atoms with Crippen molar-refractivity contribution in [2.24, 2.45) is 23.7 Å². The van der Waals surface area contributed by atoms with Crippen LogP contribution in [0.2, 0.25) is 0 Å². The largest absolute Gasteiger partial charge is 0.393 e. The Morgan fingerprint density at radius 3 is 2.06 bits per heavy atom. The molecule has 2 fully saturated rings. The van der Waals surface area contributed by atoms with Gasteiger partial charge in [0, 0.05) is 0 Å². The fourth-order valence-electron chi connectivity index (χ4n) is 3.86. The molecule has 2 nitrogen and oxygen atoms in total. The third-order valence-electron chi connectivity index (χ3n) is 4.56. The van der Waals surface area contributed by atoms with Crippen molar-refractivity contribution in [2.75, 3.05) is 13.1 Å². The topological polar surface area (TPSA) is 32.3 Å². The van der Waals surface area contributed by atoms with Gasteiger partial charge in [0.15, 0.2) is 0 Å². The zero-order valence-corrected chi connectivity index (χ0v) is 10.8. The molecule has 3 atom stereocenters. The van der Waals surface area contributed by atoms with E-state index in [1.54, 1.807) is 0 Å². The van der Waals surface area contributed by atoms with E-state index >= 15 is 0 Å². The van der Waals surface area contributed by atoms with E-state index in [0.717, 1.165) is 24.9 Å². The quantitative estimate of drug-likeness (QED) is 0.756. The third kappa shape index (κ3) is 2.98. The highest BCUT2D eigenvalue weighted by atomic mass is 16.3. The second-order valence-corrected chi connectivity index (χ2v) is 6.26. The summed E-state index contributed by atoms with van der Waals surface area (Å²) in [5.41, 5.74) is 0. The van der Waals surface area contributed by atoms with Crippen molar-refractivity contribution in [3.05, 3.63) is 0 Å². The molecule has 94 valence electrons. The highest BCUT2D eigenvalue weighted by Gasteiger charge is 2.33. The molecule has 0 spiro atoms. The van der Waals surface area contributed by atoms with Crippen LogP contribution in [0.25, 0.3) is 0 Å². The first kappa shape index (κ1) is 12.4. The van der Waals surface area contributed by atoms with Gasteiger partial charge >= 0.3 is 0 Å². The molecule has 0 radical (unpaired) electrons. The van der Waals surface area contributed by atoms with Crippen LogP contribution >= 0.6 is 0 Å². The average Bonchev–Trinajstić information content (AvgIpc) is 2.28. The molecule has 2 heteroatoms. The lowest BCUT2D eigenvalue weighted by Gasteiger charge is -2.38. The molecule has 0 bridgehead atoms. The van der Waals surface area contributed by atoms with Gasteiger partial charge in [0.25, 0.3) is 0 Å². The second kappa shape index (κ2) is 5.50. The SMILES string of the molecule is CC1CC(C)CC(C(O)C2CCNCC2)C1. The van der Waals surface area contributed by atoms with E-state index in [9.17, 15) is 5.11 Å². The number of hydrogen-bond acceptors (Lipinski definition) is 2. The molecule has 0 amide bonds. The van der Waals surface area contributed by atoms with Gasteiger partial charge in [-0.25, -0.2) is 0 Å². The summed E-state index contributed by atoms with van der Waals surface area (Å²) in [6.45, 7) is 6.88. The monoisotopic (exact) mass is 225 g/mol. The smallest absolute Gasteiger partial charge is 0.0597 e. The van der Waals surface area contributed by atoms with Crippen molar-refractivity contribution < 1.29 is 5.11 Å². The fourth-order valence-corrected chi connectivity index (χ4v) is 3.86. The first-order valence-corrected chi connectivity index (χ1v) is 7.05. The molecule has 0 aromatic carbocycles. The van der Waals surface area contributed by atoms with Gasteiger partial charge in [-0.3, -0.25) is 0 Å². The molecule has 3 unspecified atom stereocenters. The molecule has 1 aliphatic carbocycles. The number of aliphatic hydroxyl groups excluding tert-OH is 1. The fraction of sp³-hybridized carbons (Fsp3) is 1.00. The molecule has 2 N–H and O–H groups in total. The van der Waals surface area contributed by atoms with E-state index in [1.165, 1.54) is 32.1 Å². The van der Waals surface area contributed by atoms with Crippen LogP contribution in [0.5, 0.6) is 0 Å². The van der Waals surface area contributed by atoms with E-state index in [-0.39, 0.29) is 6.10 Å². The Balaban J connectivity index is 1.89. The van der Waals surface area contributed by atoms with E-state index in [0.29, 0.717) is 11.8 Å². The maximum atomic E-state index is 10.5. The Kier molecular flexibility index (Phi) is 4.26. The summed E-state index contributed by atoms with van der Waals surface area (Å²) in [6.07, 6.45) is 6.15. The van der Waals surface area contributed by atoms with Crippen LogP contribution in [0, 0.1) is 23.7 Å². The molecule has 0 aromatic rings. The zero-order chi connectivity index (χ0) is 11.5. The molecule has 16 heavy (non-hydrogen) atoms. The number of hydrogen-bond donors (Lipinski definition) is 2. The van der Waals surface area contributed by atoms with Crippen LogP contribution in [-0.4, -0.2) is 24.3 Å². The van der Waals surface area contributed by atoms with Gasteiger partial charge in [-0.05, 0) is 68.9 Å². The molecule has 2 rings (SSSR count). The summed E-state index contributed by atoms with van der Waals surface area (Å²) in [6, 6.07) is 0. The first-order chi connectivity index (χ1) is 7.66. The summed E-state index contributed by atoms with van der Waals surface area (Å²) >= 11 is 0. The Bertz CT molecular complexity index is 203. The van der Waals surface area contributed by atoms with Crippen molar-refractivity contribution >= 4 is 0 Å². The molecule has 2 aliphatic rings. The number of aliphatic hydroxyl groups is 1. The number of rotatable bonds is 2. The van der Waals surface area contributed by atoms with Gasteiger partial charge in [-0.1, -0.05) is 13.8 Å². The minimum absolute atomic E-state index is 0.0349. The molecule has 0 aromatic heterocycles. The summed E-state index contributed by atoms with van der Waals surface area (Å²) in [5.74, 6) is 2.75. The number of nitrogens with one attached hydrogen (secondary N) is 1. The summed E-state index contributed by atoms with van der Waals surface area (Å²) in [5, 5.41) is 13.9. The van der Waals surface area contributed by atoms with Crippen molar-refractivity contribution in [3.8, 4) is 0 Å². The van der Waals surface area contributed by atoms with E-state index in [4.69, 9.17) is 0 Å². The lowest BCUT2D eigenvalue weighted by atomic mass is 9.71. The van der Waals surface area contributed by atoms with Crippen molar-refractivity contribution in [1.29, 1.82) is 0 Å². The van der Waals surface area contributed by atoms with Crippen molar-refractivity contribution in [3.63, 3.8) is 0 Å². The van der Waals surface area contributed by atoms with Gasteiger partial charge in [-0.15, -0.1) is 0 Å². The lowest BCUT2D eigenvalue weighted by molar-refractivity contribution is 0.00301. The normalized spacial score (nSPS) is 39.6. The summed E-state index contributed by atoms with van der Waals surface area (Å²) < 4.78 is 0. The maximum absolute atomic E-state index is 10.5. The highest BCUT2D eigenvalue weighted by Crippen LogP contribution is 2.37. The van der Waals surface area contributed by atoms with E-state index < -0.39 is 0 Å². The molecular weight excluding hydrogens is 198 g/mol. The molecule has 1 aliphatic heterocycles. The summed E-state index contributed by atoms with van der Waals surface area (Å²) in [7, 11) is 0. The van der Waals surface area contributed by atoms with E-state index in [1.807, 2.05) is 0 Å². The Morgan fingerprint density at radius 2 is 1.50 bits per heavy atom. The van der Waals surface area contributed by atoms with Crippen LogP contribution in [0.4, 0.5) is 0 Å². The zero-order valence-electron chi connectivity index (χ0n) is 10.8. The lowest BCUT2D eigenvalue weighted by Crippen LogP contribution is -2.40. The predicted octanol–water partition coefficient (Wildman–Crippen LogP) is 2.42. The van der Waals surface area contributed by atoms with Crippen LogP contribution < -0.4 is 5.32 Å². The van der Waals surface area contributed by atoms with Gasteiger partial charge in [0.05, 0.1) is 6.10 Å². The summed E-state index contributed by atoms with van der Waals surface area (Å²) in [4.78, 5) is 0. The van der Waals surface area contributed by atoms with Gasteiger partial charge in [-0.2, -0.15) is 0 Å². The predicted molar refractivity (Wildman–Crippen MR) is 67.3 cm³/mol.